The van der Waals surface area contributed by atoms with Crippen LogP contribution in [0.15, 0.2) is 65.5 Å². The van der Waals surface area contributed by atoms with Crippen LogP contribution in [0.25, 0.3) is 21.9 Å². The number of hydrogen-bond donors (Lipinski definition) is 2. The number of nitrogens with zero attached hydrogens (tertiary/aromatic N) is 1. The summed E-state index contributed by atoms with van der Waals surface area (Å²) in [7, 11) is 1.63. The Morgan fingerprint density at radius 2 is 1.65 bits per heavy atom. The van der Waals surface area contributed by atoms with Crippen molar-refractivity contribution >= 4 is 16.7 Å². The molecule has 2 N–H and O–H groups in total. The van der Waals surface area contributed by atoms with Crippen LogP contribution in [-0.4, -0.2) is 29.4 Å². The van der Waals surface area contributed by atoms with Gasteiger partial charge in [-0.05, 0) is 52.9 Å². The molecule has 8 heteroatoms. The van der Waals surface area contributed by atoms with Crippen molar-refractivity contribution in [2.45, 2.75) is 12.6 Å². The second-order valence-corrected chi connectivity index (χ2v) is 8.31. The van der Waals surface area contributed by atoms with E-state index in [-0.39, 0.29) is 22.5 Å². The molecular formula is C26H20F3N3O2. The number of likely N-dealkylation sites (N-methyl/N-ethyl adjacent to an activating group) is 1. The SMILES string of the molecule is CN(C(=O)c1ccc(-c2cccc(F)c2)cc1)C1CNCc2[nH]c(=O)c3cc(F)c(F)cc3c21. The first-order chi connectivity index (χ1) is 16.3. The van der Waals surface area contributed by atoms with Gasteiger partial charge in [0.2, 0.25) is 0 Å². The monoisotopic (exact) mass is 463 g/mol. The minimum Gasteiger partial charge on any atom is -0.333 e. The van der Waals surface area contributed by atoms with E-state index in [1.807, 2.05) is 0 Å². The maximum Gasteiger partial charge on any atom is 0.256 e. The number of amides is 1. The maximum absolute atomic E-state index is 14.1. The van der Waals surface area contributed by atoms with E-state index in [0.717, 1.165) is 17.7 Å². The van der Waals surface area contributed by atoms with Crippen LogP contribution in [-0.2, 0) is 6.54 Å². The molecule has 5 rings (SSSR count). The van der Waals surface area contributed by atoms with E-state index >= 15 is 0 Å². The number of aromatic nitrogens is 1. The zero-order valence-corrected chi connectivity index (χ0v) is 18.2. The highest BCUT2D eigenvalue weighted by molar-refractivity contribution is 5.95. The molecule has 34 heavy (non-hydrogen) atoms. The summed E-state index contributed by atoms with van der Waals surface area (Å²) in [5, 5.41) is 3.48. The Morgan fingerprint density at radius 3 is 2.35 bits per heavy atom. The summed E-state index contributed by atoms with van der Waals surface area (Å²) in [5.74, 6) is -2.79. The van der Waals surface area contributed by atoms with E-state index in [1.165, 1.54) is 17.0 Å². The second-order valence-electron chi connectivity index (χ2n) is 8.31. The number of carbonyl (C=O) groups excluding carboxylic acids is 1. The van der Waals surface area contributed by atoms with Crippen LogP contribution in [0.5, 0.6) is 0 Å². The summed E-state index contributed by atoms with van der Waals surface area (Å²) in [6.07, 6.45) is 0. The molecule has 0 radical (unpaired) electrons. The smallest absolute Gasteiger partial charge is 0.256 e. The lowest BCUT2D eigenvalue weighted by Gasteiger charge is -2.34. The number of halogens is 3. The lowest BCUT2D eigenvalue weighted by molar-refractivity contribution is 0.0723. The highest BCUT2D eigenvalue weighted by Gasteiger charge is 2.30. The predicted octanol–water partition coefficient (Wildman–Crippen LogP) is 4.53. The average molecular weight is 463 g/mol. The predicted molar refractivity (Wildman–Crippen MR) is 123 cm³/mol. The molecule has 172 valence electrons. The fraction of sp³-hybridized carbons (Fsp3) is 0.154. The van der Waals surface area contributed by atoms with Crippen molar-refractivity contribution in [2.75, 3.05) is 13.6 Å². The number of pyridine rings is 1. The summed E-state index contributed by atoms with van der Waals surface area (Å²) in [6.45, 7) is 0.705. The van der Waals surface area contributed by atoms with Crippen molar-refractivity contribution in [1.82, 2.24) is 15.2 Å². The first-order valence-electron chi connectivity index (χ1n) is 10.7. The molecule has 2 heterocycles. The number of nitrogens with one attached hydrogen (secondary N) is 2. The van der Waals surface area contributed by atoms with Crippen LogP contribution >= 0.6 is 0 Å². The minimum absolute atomic E-state index is 0.0323. The average Bonchev–Trinajstić information content (AvgIpc) is 2.84. The quantitative estimate of drug-likeness (QED) is 0.469. The van der Waals surface area contributed by atoms with Crippen molar-refractivity contribution in [2.24, 2.45) is 0 Å². The molecule has 0 saturated carbocycles. The molecular weight excluding hydrogens is 443 g/mol. The topological polar surface area (TPSA) is 65.2 Å². The van der Waals surface area contributed by atoms with Gasteiger partial charge in [-0.2, -0.15) is 0 Å². The van der Waals surface area contributed by atoms with Crippen LogP contribution in [0.3, 0.4) is 0 Å². The van der Waals surface area contributed by atoms with Crippen molar-refractivity contribution in [3.05, 3.63) is 105 Å². The van der Waals surface area contributed by atoms with Gasteiger partial charge in [0.25, 0.3) is 11.5 Å². The summed E-state index contributed by atoms with van der Waals surface area (Å²) < 4.78 is 41.5. The minimum atomic E-state index is -1.11. The normalized spacial score (nSPS) is 15.2. The third-order valence-corrected chi connectivity index (χ3v) is 6.24. The molecule has 5 nitrogen and oxygen atoms in total. The molecule has 0 bridgehead atoms. The molecule has 1 amide bonds. The van der Waals surface area contributed by atoms with Crippen LogP contribution in [0, 0.1) is 17.5 Å². The zero-order valence-electron chi connectivity index (χ0n) is 18.2. The van der Waals surface area contributed by atoms with Gasteiger partial charge in [0.1, 0.15) is 5.82 Å². The molecule has 3 aromatic carbocycles. The van der Waals surface area contributed by atoms with Crippen LogP contribution in [0.4, 0.5) is 13.2 Å². The number of fused-ring (bicyclic) bond motifs is 3. The Bertz CT molecular complexity index is 1480. The fourth-order valence-corrected chi connectivity index (χ4v) is 4.50. The van der Waals surface area contributed by atoms with Crippen LogP contribution < -0.4 is 10.9 Å². The number of hydrogen-bond acceptors (Lipinski definition) is 3. The maximum atomic E-state index is 14.1. The first kappa shape index (κ1) is 21.9. The molecule has 0 fully saturated rings. The van der Waals surface area contributed by atoms with Gasteiger partial charge in [0.05, 0.1) is 11.4 Å². The molecule has 4 aromatic rings. The largest absolute Gasteiger partial charge is 0.333 e. The lowest BCUT2D eigenvalue weighted by atomic mass is 9.93. The molecule has 0 saturated heterocycles. The molecule has 1 aliphatic rings. The molecule has 1 aliphatic heterocycles. The summed E-state index contributed by atoms with van der Waals surface area (Å²) in [6, 6.07) is 14.4. The van der Waals surface area contributed by atoms with E-state index < -0.39 is 23.2 Å². The highest BCUT2D eigenvalue weighted by atomic mass is 19.2. The Morgan fingerprint density at radius 1 is 0.941 bits per heavy atom. The van der Waals surface area contributed by atoms with Crippen molar-refractivity contribution < 1.29 is 18.0 Å². The van der Waals surface area contributed by atoms with Gasteiger partial charge in [-0.25, -0.2) is 13.2 Å². The number of aromatic amines is 1. The van der Waals surface area contributed by atoms with Crippen LogP contribution in [0.1, 0.15) is 27.7 Å². The van der Waals surface area contributed by atoms with Crippen molar-refractivity contribution in [1.29, 1.82) is 0 Å². The van der Waals surface area contributed by atoms with E-state index in [1.54, 1.807) is 43.4 Å². The third-order valence-electron chi connectivity index (χ3n) is 6.24. The van der Waals surface area contributed by atoms with E-state index in [9.17, 15) is 22.8 Å². The number of H-pyrrole nitrogens is 1. The third kappa shape index (κ3) is 3.76. The molecule has 0 spiro atoms. The van der Waals surface area contributed by atoms with E-state index in [4.69, 9.17) is 0 Å². The van der Waals surface area contributed by atoms with Gasteiger partial charge in [-0.3, -0.25) is 9.59 Å². The highest BCUT2D eigenvalue weighted by Crippen LogP contribution is 2.33. The molecule has 1 aromatic heterocycles. The molecule has 0 aliphatic carbocycles. The van der Waals surface area contributed by atoms with Gasteiger partial charge in [-0.15, -0.1) is 0 Å². The Labute approximate surface area is 192 Å². The van der Waals surface area contributed by atoms with Crippen LogP contribution in [0.2, 0.25) is 0 Å². The Kier molecular flexibility index (Phi) is 5.45. The van der Waals surface area contributed by atoms with Crippen molar-refractivity contribution in [3.63, 3.8) is 0 Å². The summed E-state index contributed by atoms with van der Waals surface area (Å²) in [4.78, 5) is 30.0. The Balaban J connectivity index is 1.51. The number of benzene rings is 3. The van der Waals surface area contributed by atoms with Gasteiger partial charge < -0.3 is 15.2 Å². The number of rotatable bonds is 3. The number of carbonyl (C=O) groups is 1. The fourth-order valence-electron chi connectivity index (χ4n) is 4.50. The summed E-state index contributed by atoms with van der Waals surface area (Å²) >= 11 is 0. The first-order valence-corrected chi connectivity index (χ1v) is 10.7. The second kappa shape index (κ2) is 8.46. The van der Waals surface area contributed by atoms with Crippen molar-refractivity contribution in [3.8, 4) is 11.1 Å². The standard InChI is InChI=1S/C26H20F3N3O2/c1-32(26(34)15-7-5-14(6-8-15)16-3-2-4-17(27)9-16)23-13-30-12-22-24(23)18-10-20(28)21(29)11-19(18)25(33)31-22/h2-11,23,30H,12-13H2,1H3,(H,31,33). The van der Waals surface area contributed by atoms with E-state index in [2.05, 4.69) is 10.3 Å². The van der Waals surface area contributed by atoms with E-state index in [0.29, 0.717) is 35.5 Å². The van der Waals surface area contributed by atoms with Gasteiger partial charge >= 0.3 is 0 Å². The lowest BCUT2D eigenvalue weighted by Crippen LogP contribution is -2.42. The summed E-state index contributed by atoms with van der Waals surface area (Å²) in [5.41, 5.74) is 2.48. The van der Waals surface area contributed by atoms with Gasteiger partial charge in [0, 0.05) is 37.0 Å². The molecule has 1 unspecified atom stereocenters. The molecule has 1 atom stereocenters. The zero-order chi connectivity index (χ0) is 24.0. The Hall–Kier alpha value is -3.91. The van der Waals surface area contributed by atoms with Gasteiger partial charge in [-0.1, -0.05) is 24.3 Å². The van der Waals surface area contributed by atoms with Gasteiger partial charge in [0.15, 0.2) is 11.6 Å².